The fraction of sp³-hybridized carbons (Fsp3) is 0.550. The number of sulfonamides is 1. The van der Waals surface area contributed by atoms with E-state index < -0.39 is 27.8 Å². The van der Waals surface area contributed by atoms with Crippen LogP contribution in [0.1, 0.15) is 39.2 Å². The molecule has 2 saturated heterocycles. The van der Waals surface area contributed by atoms with Crippen LogP contribution in [-0.2, 0) is 14.8 Å². The Morgan fingerprint density at radius 1 is 1.25 bits per heavy atom. The molecule has 28 heavy (non-hydrogen) atoms. The molecule has 0 aromatic heterocycles. The Hall–Kier alpha value is -2.24. The fourth-order valence-corrected chi connectivity index (χ4v) is 5.14. The van der Waals surface area contributed by atoms with Crippen molar-refractivity contribution in [1.29, 1.82) is 0 Å². The predicted molar refractivity (Wildman–Crippen MR) is 108 cm³/mol. The Morgan fingerprint density at radius 2 is 1.96 bits per heavy atom. The van der Waals surface area contributed by atoms with Crippen molar-refractivity contribution >= 4 is 21.8 Å². The Kier molecular flexibility index (Phi) is 5.60. The molecular formula is C20H27N3O4S. The zero-order valence-corrected chi connectivity index (χ0v) is 17.3. The van der Waals surface area contributed by atoms with Crippen molar-refractivity contribution in [3.63, 3.8) is 0 Å². The first-order chi connectivity index (χ1) is 13.1. The van der Waals surface area contributed by atoms with Gasteiger partial charge in [0.05, 0.1) is 12.3 Å². The number of carbonyl (C=O) groups excluding carboxylic acids is 1. The molecule has 1 amide bonds. The van der Waals surface area contributed by atoms with Gasteiger partial charge in [-0.15, -0.1) is 0 Å². The Bertz CT molecular complexity index is 911. The van der Waals surface area contributed by atoms with E-state index >= 15 is 0 Å². The topological polar surface area (TPSA) is 92.9 Å². The Morgan fingerprint density at radius 3 is 2.64 bits per heavy atom. The third-order valence-electron chi connectivity index (χ3n) is 4.81. The minimum Gasteiger partial charge on any atom is -0.444 e. The Balaban J connectivity index is 1.92. The zero-order chi connectivity index (χ0) is 20.5. The number of piperazine rings is 1. The molecule has 1 aromatic rings. The first kappa shape index (κ1) is 20.5. The monoisotopic (exact) mass is 405 g/mol. The SMILES string of the molecule is CC(C)(C)OC(=O)N1C[C@H](C#Cc2ccccc2N)N2C[C@H]1CCCS2(=O)=O. The molecule has 7 nitrogen and oxygen atoms in total. The summed E-state index contributed by atoms with van der Waals surface area (Å²) in [5.74, 6) is 6.09. The summed E-state index contributed by atoms with van der Waals surface area (Å²) in [5.41, 5.74) is 6.49. The quantitative estimate of drug-likeness (QED) is 0.527. The molecule has 152 valence electrons. The normalized spacial score (nSPS) is 26.5. The number of nitrogens with two attached hydrogens (primary N) is 1. The molecule has 1 unspecified atom stereocenters. The number of hydrogen-bond acceptors (Lipinski definition) is 5. The summed E-state index contributed by atoms with van der Waals surface area (Å²) < 4.78 is 32.4. The van der Waals surface area contributed by atoms with Gasteiger partial charge < -0.3 is 15.4 Å². The summed E-state index contributed by atoms with van der Waals surface area (Å²) in [7, 11) is -3.42. The zero-order valence-electron chi connectivity index (χ0n) is 16.5. The molecule has 3 rings (SSSR count). The van der Waals surface area contributed by atoms with Crippen LogP contribution in [0, 0.1) is 11.8 Å². The molecule has 8 heteroatoms. The second kappa shape index (κ2) is 7.64. The molecule has 2 fully saturated rings. The maximum Gasteiger partial charge on any atom is 0.410 e. The third kappa shape index (κ3) is 4.59. The van der Waals surface area contributed by atoms with Gasteiger partial charge in [-0.1, -0.05) is 24.0 Å². The molecule has 0 saturated carbocycles. The predicted octanol–water partition coefficient (Wildman–Crippen LogP) is 2.03. The molecule has 1 aromatic carbocycles. The van der Waals surface area contributed by atoms with Crippen LogP contribution in [0.4, 0.5) is 10.5 Å². The summed E-state index contributed by atoms with van der Waals surface area (Å²) in [6.45, 7) is 5.86. The van der Waals surface area contributed by atoms with Gasteiger partial charge in [0, 0.05) is 23.8 Å². The molecule has 2 N–H and O–H groups in total. The van der Waals surface area contributed by atoms with Gasteiger partial charge in [-0.05, 0) is 45.7 Å². The number of rotatable bonds is 0. The molecule has 0 spiro atoms. The van der Waals surface area contributed by atoms with E-state index in [0.717, 1.165) is 0 Å². The number of ether oxygens (including phenoxy) is 1. The van der Waals surface area contributed by atoms with Crippen molar-refractivity contribution in [2.45, 2.75) is 51.3 Å². The van der Waals surface area contributed by atoms with Gasteiger partial charge in [-0.2, -0.15) is 4.31 Å². The summed E-state index contributed by atoms with van der Waals surface area (Å²) in [6, 6.07) is 6.34. The van der Waals surface area contributed by atoms with Crippen LogP contribution in [0.5, 0.6) is 0 Å². The van der Waals surface area contributed by atoms with Gasteiger partial charge in [0.1, 0.15) is 11.6 Å². The van der Waals surface area contributed by atoms with E-state index in [1.807, 2.05) is 32.9 Å². The van der Waals surface area contributed by atoms with Crippen LogP contribution in [0.15, 0.2) is 24.3 Å². The van der Waals surface area contributed by atoms with Gasteiger partial charge in [-0.3, -0.25) is 0 Å². The smallest absolute Gasteiger partial charge is 0.410 e. The number of para-hydroxylation sites is 1. The summed E-state index contributed by atoms with van der Waals surface area (Å²) >= 11 is 0. The Labute approximate surface area is 166 Å². The number of nitrogen functional groups attached to an aromatic ring is 1. The second-order valence-corrected chi connectivity index (χ2v) is 10.2. The maximum atomic E-state index is 12.7. The van der Waals surface area contributed by atoms with Crippen molar-refractivity contribution < 1.29 is 17.9 Å². The molecule has 2 aliphatic rings. The molecule has 2 heterocycles. The van der Waals surface area contributed by atoms with Crippen LogP contribution in [-0.4, -0.2) is 60.2 Å². The van der Waals surface area contributed by atoms with Crippen LogP contribution < -0.4 is 5.73 Å². The average Bonchev–Trinajstić information content (AvgIpc) is 2.71. The lowest BCUT2D eigenvalue weighted by atomic mass is 10.0. The van der Waals surface area contributed by atoms with Gasteiger partial charge in [0.15, 0.2) is 0 Å². The van der Waals surface area contributed by atoms with Crippen LogP contribution >= 0.6 is 0 Å². The minimum atomic E-state index is -3.42. The molecular weight excluding hydrogens is 378 g/mol. The van der Waals surface area contributed by atoms with Crippen molar-refractivity contribution in [2.24, 2.45) is 0 Å². The van der Waals surface area contributed by atoms with E-state index in [9.17, 15) is 13.2 Å². The molecule has 2 aliphatic heterocycles. The highest BCUT2D eigenvalue weighted by Crippen LogP contribution is 2.27. The fourth-order valence-electron chi connectivity index (χ4n) is 3.47. The second-order valence-electron chi connectivity index (χ2n) is 8.19. The number of fused-ring (bicyclic) bond motifs is 2. The lowest BCUT2D eigenvalue weighted by Gasteiger charge is -2.42. The highest BCUT2D eigenvalue weighted by atomic mass is 32.2. The standard InChI is InChI=1S/C20H27N3O4S/c1-20(2,3)27-19(24)22-13-17(11-10-15-7-4-5-9-18(15)21)23-14-16(22)8-6-12-28(23,25)26/h4-5,7,9,16-17H,6,8,12-14,21H2,1-3H3/t16-,17+/m1/s1. The van der Waals surface area contributed by atoms with E-state index in [4.69, 9.17) is 10.5 Å². The molecule has 0 aliphatic carbocycles. The van der Waals surface area contributed by atoms with E-state index in [2.05, 4.69) is 11.8 Å². The van der Waals surface area contributed by atoms with Gasteiger partial charge in [0.2, 0.25) is 10.0 Å². The van der Waals surface area contributed by atoms with Crippen molar-refractivity contribution in [2.75, 3.05) is 24.6 Å². The van der Waals surface area contributed by atoms with Crippen molar-refractivity contribution in [3.05, 3.63) is 29.8 Å². The summed E-state index contributed by atoms with van der Waals surface area (Å²) in [4.78, 5) is 14.4. The number of amides is 1. The third-order valence-corrected chi connectivity index (χ3v) is 6.73. The molecule has 2 bridgehead atoms. The first-order valence-corrected chi connectivity index (χ1v) is 11.0. The first-order valence-electron chi connectivity index (χ1n) is 9.42. The van der Waals surface area contributed by atoms with Gasteiger partial charge in [0.25, 0.3) is 0 Å². The average molecular weight is 406 g/mol. The summed E-state index contributed by atoms with van der Waals surface area (Å²) in [5, 5.41) is 0. The number of anilines is 1. The van der Waals surface area contributed by atoms with Gasteiger partial charge >= 0.3 is 6.09 Å². The van der Waals surface area contributed by atoms with Crippen LogP contribution in [0.3, 0.4) is 0 Å². The molecule has 3 atom stereocenters. The largest absolute Gasteiger partial charge is 0.444 e. The number of hydrogen-bond donors (Lipinski definition) is 1. The van der Waals surface area contributed by atoms with Crippen LogP contribution in [0.25, 0.3) is 0 Å². The number of nitrogens with zero attached hydrogens (tertiary/aromatic N) is 2. The minimum absolute atomic E-state index is 0.0668. The van der Waals surface area contributed by atoms with E-state index in [1.54, 1.807) is 17.0 Å². The number of carbonyl (C=O) groups is 1. The number of benzene rings is 1. The van der Waals surface area contributed by atoms with E-state index in [1.165, 1.54) is 4.31 Å². The van der Waals surface area contributed by atoms with Crippen molar-refractivity contribution in [3.8, 4) is 11.8 Å². The van der Waals surface area contributed by atoms with Gasteiger partial charge in [-0.25, -0.2) is 13.2 Å². The maximum absolute atomic E-state index is 12.7. The van der Waals surface area contributed by atoms with E-state index in [-0.39, 0.29) is 24.9 Å². The lowest BCUT2D eigenvalue weighted by molar-refractivity contribution is 0.00173. The lowest BCUT2D eigenvalue weighted by Crippen LogP contribution is -2.60. The highest BCUT2D eigenvalue weighted by Gasteiger charge is 2.44. The molecule has 0 radical (unpaired) electrons. The highest BCUT2D eigenvalue weighted by molar-refractivity contribution is 7.89. The summed E-state index contributed by atoms with van der Waals surface area (Å²) in [6.07, 6.45) is 0.706. The van der Waals surface area contributed by atoms with Crippen LogP contribution in [0.2, 0.25) is 0 Å². The van der Waals surface area contributed by atoms with Crippen molar-refractivity contribution in [1.82, 2.24) is 9.21 Å². The van der Waals surface area contributed by atoms with E-state index in [0.29, 0.717) is 24.1 Å².